The highest BCUT2D eigenvalue weighted by Crippen LogP contribution is 2.25. The van der Waals surface area contributed by atoms with Crippen molar-refractivity contribution >= 4 is 17.8 Å². The van der Waals surface area contributed by atoms with Gasteiger partial charge in [0.2, 0.25) is 0 Å². The predicted octanol–water partition coefficient (Wildman–Crippen LogP) is 2.54. The average Bonchev–Trinajstić information content (AvgIpc) is 3.15. The van der Waals surface area contributed by atoms with E-state index < -0.39 is 0 Å². The van der Waals surface area contributed by atoms with Crippen LogP contribution in [0.25, 0.3) is 0 Å². The Hall–Kier alpha value is -0.420. The van der Waals surface area contributed by atoms with Gasteiger partial charge in [0, 0.05) is 30.9 Å². The maximum atomic E-state index is 12.3. The molecular formula is C16H29N3OS. The molecule has 1 N–H and O–H groups in total. The lowest BCUT2D eigenvalue weighted by atomic mass is 10.1. The molecule has 3 fully saturated rings. The third-order valence-corrected chi connectivity index (χ3v) is 6.54. The maximum absolute atomic E-state index is 12.3. The molecule has 0 saturated carbocycles. The quantitative estimate of drug-likeness (QED) is 0.870. The van der Waals surface area contributed by atoms with Gasteiger partial charge in [-0.25, -0.2) is 4.79 Å². The Kier molecular flexibility index (Phi) is 5.69. The fourth-order valence-corrected chi connectivity index (χ4v) is 5.07. The van der Waals surface area contributed by atoms with Crippen LogP contribution in [0.2, 0.25) is 0 Å². The van der Waals surface area contributed by atoms with E-state index in [9.17, 15) is 4.79 Å². The highest BCUT2D eigenvalue weighted by atomic mass is 32.2. The third kappa shape index (κ3) is 4.28. The Labute approximate surface area is 133 Å². The van der Waals surface area contributed by atoms with Crippen LogP contribution in [0, 0.1) is 0 Å². The number of hydrogen-bond donors (Lipinski definition) is 1. The summed E-state index contributed by atoms with van der Waals surface area (Å²) >= 11 is 2.01. The number of hydrogen-bond acceptors (Lipinski definition) is 3. The van der Waals surface area contributed by atoms with Crippen LogP contribution < -0.4 is 5.32 Å². The van der Waals surface area contributed by atoms with Crippen LogP contribution in [0.1, 0.15) is 44.9 Å². The second-order valence-corrected chi connectivity index (χ2v) is 8.04. The van der Waals surface area contributed by atoms with Gasteiger partial charge in [-0.05, 0) is 63.8 Å². The molecule has 3 rings (SSSR count). The molecule has 2 atom stereocenters. The minimum absolute atomic E-state index is 0.171. The molecule has 0 aromatic carbocycles. The molecule has 2 unspecified atom stereocenters. The lowest BCUT2D eigenvalue weighted by Gasteiger charge is -2.26. The number of nitrogens with one attached hydrogen (secondary N) is 1. The lowest BCUT2D eigenvalue weighted by molar-refractivity contribution is 0.194. The number of thioether (sulfide) groups is 1. The summed E-state index contributed by atoms with van der Waals surface area (Å²) in [4.78, 5) is 17.0. The van der Waals surface area contributed by atoms with Gasteiger partial charge in [0.05, 0.1) is 0 Å². The average molecular weight is 311 g/mol. The summed E-state index contributed by atoms with van der Waals surface area (Å²) in [6, 6.07) is 0.889. The molecule has 2 amide bonds. The van der Waals surface area contributed by atoms with Gasteiger partial charge in [0.25, 0.3) is 0 Å². The van der Waals surface area contributed by atoms with Crippen molar-refractivity contribution in [2.75, 3.05) is 38.5 Å². The summed E-state index contributed by atoms with van der Waals surface area (Å²) in [7, 11) is 0. The van der Waals surface area contributed by atoms with Crippen LogP contribution in [0.3, 0.4) is 0 Å². The fourth-order valence-electron chi connectivity index (χ4n) is 3.87. The van der Waals surface area contributed by atoms with Gasteiger partial charge in [-0.3, -0.25) is 0 Å². The van der Waals surface area contributed by atoms with Crippen LogP contribution in [-0.2, 0) is 0 Å². The SMILES string of the molecule is O=C(NCC1CCCS1)N1CCCC(N2CCCC2)CC1. The minimum Gasteiger partial charge on any atom is -0.337 e. The molecule has 3 saturated heterocycles. The summed E-state index contributed by atoms with van der Waals surface area (Å²) in [5, 5.41) is 3.81. The number of likely N-dealkylation sites (tertiary alicyclic amines) is 2. The Morgan fingerprint density at radius 3 is 2.62 bits per heavy atom. The van der Waals surface area contributed by atoms with E-state index >= 15 is 0 Å². The van der Waals surface area contributed by atoms with Gasteiger partial charge in [-0.1, -0.05) is 0 Å². The van der Waals surface area contributed by atoms with Crippen LogP contribution in [0.15, 0.2) is 0 Å². The second kappa shape index (κ2) is 7.73. The van der Waals surface area contributed by atoms with Crippen LogP contribution in [0.4, 0.5) is 4.79 Å². The molecule has 0 radical (unpaired) electrons. The monoisotopic (exact) mass is 311 g/mol. The van der Waals surface area contributed by atoms with Crippen molar-refractivity contribution in [2.24, 2.45) is 0 Å². The smallest absolute Gasteiger partial charge is 0.317 e. The van der Waals surface area contributed by atoms with Gasteiger partial charge in [-0.2, -0.15) is 11.8 Å². The summed E-state index contributed by atoms with van der Waals surface area (Å²) in [6.07, 6.45) is 8.88. The molecule has 3 aliphatic rings. The van der Waals surface area contributed by atoms with Crippen molar-refractivity contribution in [2.45, 2.75) is 56.2 Å². The molecule has 3 heterocycles. The van der Waals surface area contributed by atoms with Gasteiger partial charge >= 0.3 is 6.03 Å². The van der Waals surface area contributed by atoms with Gasteiger partial charge in [0.15, 0.2) is 0 Å². The molecule has 0 spiro atoms. The highest BCUT2D eigenvalue weighted by molar-refractivity contribution is 8.00. The number of rotatable bonds is 3. The summed E-state index contributed by atoms with van der Waals surface area (Å²) in [6.45, 7) is 5.28. The van der Waals surface area contributed by atoms with Crippen molar-refractivity contribution in [3.63, 3.8) is 0 Å². The molecule has 0 aromatic heterocycles. The van der Waals surface area contributed by atoms with E-state index in [0.29, 0.717) is 5.25 Å². The standard InChI is InChI=1S/C16H29N3OS/c20-16(17-13-15-6-4-12-21-15)19-10-3-5-14(7-11-19)18-8-1-2-9-18/h14-15H,1-13H2,(H,17,20). The Morgan fingerprint density at radius 1 is 1.00 bits per heavy atom. The van der Waals surface area contributed by atoms with Crippen LogP contribution >= 0.6 is 11.8 Å². The molecule has 0 aromatic rings. The molecule has 4 nitrogen and oxygen atoms in total. The van der Waals surface area contributed by atoms with Crippen molar-refractivity contribution in [3.8, 4) is 0 Å². The first-order valence-corrected chi connectivity index (χ1v) is 9.76. The third-order valence-electron chi connectivity index (χ3n) is 5.15. The number of nitrogens with zero attached hydrogens (tertiary/aromatic N) is 2. The van der Waals surface area contributed by atoms with E-state index in [2.05, 4.69) is 15.1 Å². The Balaban J connectivity index is 1.41. The van der Waals surface area contributed by atoms with Crippen molar-refractivity contribution in [3.05, 3.63) is 0 Å². The first kappa shape index (κ1) is 15.5. The number of urea groups is 1. The predicted molar refractivity (Wildman–Crippen MR) is 88.9 cm³/mol. The topological polar surface area (TPSA) is 35.6 Å². The first-order chi connectivity index (χ1) is 10.3. The summed E-state index contributed by atoms with van der Waals surface area (Å²) in [5.41, 5.74) is 0. The maximum Gasteiger partial charge on any atom is 0.317 e. The first-order valence-electron chi connectivity index (χ1n) is 8.71. The van der Waals surface area contributed by atoms with Gasteiger partial charge in [0.1, 0.15) is 0 Å². The van der Waals surface area contributed by atoms with E-state index in [1.54, 1.807) is 0 Å². The van der Waals surface area contributed by atoms with E-state index in [-0.39, 0.29) is 6.03 Å². The fraction of sp³-hybridized carbons (Fsp3) is 0.938. The number of amides is 2. The van der Waals surface area contributed by atoms with E-state index in [1.165, 1.54) is 50.9 Å². The summed E-state index contributed by atoms with van der Waals surface area (Å²) in [5.74, 6) is 1.27. The zero-order valence-electron chi connectivity index (χ0n) is 13.1. The molecule has 0 aliphatic carbocycles. The van der Waals surface area contributed by atoms with Crippen molar-refractivity contribution in [1.29, 1.82) is 0 Å². The zero-order valence-corrected chi connectivity index (χ0v) is 13.9. The molecule has 3 aliphatic heterocycles. The molecule has 5 heteroatoms. The molecular weight excluding hydrogens is 282 g/mol. The minimum atomic E-state index is 0.171. The largest absolute Gasteiger partial charge is 0.337 e. The Bertz CT molecular complexity index is 340. The Morgan fingerprint density at radius 2 is 1.86 bits per heavy atom. The van der Waals surface area contributed by atoms with Crippen molar-refractivity contribution < 1.29 is 4.79 Å². The van der Waals surface area contributed by atoms with E-state index in [1.807, 2.05) is 11.8 Å². The summed E-state index contributed by atoms with van der Waals surface area (Å²) < 4.78 is 0. The van der Waals surface area contributed by atoms with Crippen molar-refractivity contribution in [1.82, 2.24) is 15.1 Å². The molecule has 21 heavy (non-hydrogen) atoms. The number of carbonyl (C=O) groups excluding carboxylic acids is 1. The number of carbonyl (C=O) groups is 1. The van der Waals surface area contributed by atoms with E-state index in [0.717, 1.165) is 38.5 Å². The molecule has 120 valence electrons. The normalized spacial score (nSPS) is 31.3. The van der Waals surface area contributed by atoms with Gasteiger partial charge in [-0.15, -0.1) is 0 Å². The molecule has 0 bridgehead atoms. The second-order valence-electron chi connectivity index (χ2n) is 6.64. The van der Waals surface area contributed by atoms with E-state index in [4.69, 9.17) is 0 Å². The van der Waals surface area contributed by atoms with Gasteiger partial charge < -0.3 is 15.1 Å². The van der Waals surface area contributed by atoms with Crippen LogP contribution in [-0.4, -0.2) is 65.6 Å². The zero-order chi connectivity index (χ0) is 14.5. The lowest BCUT2D eigenvalue weighted by Crippen LogP contribution is -2.43. The van der Waals surface area contributed by atoms with Crippen LogP contribution in [0.5, 0.6) is 0 Å². The highest BCUT2D eigenvalue weighted by Gasteiger charge is 2.26.